The van der Waals surface area contributed by atoms with Gasteiger partial charge in [-0.15, -0.1) is 10.2 Å². The normalized spacial score (nSPS) is 10.7. The highest BCUT2D eigenvalue weighted by Crippen LogP contribution is 2.19. The molecule has 2 rings (SSSR count). The van der Waals surface area contributed by atoms with Crippen LogP contribution in [0.3, 0.4) is 0 Å². The van der Waals surface area contributed by atoms with Gasteiger partial charge >= 0.3 is 5.97 Å². The third-order valence-electron chi connectivity index (χ3n) is 2.11. The largest absolute Gasteiger partial charge is 0.465 e. The van der Waals surface area contributed by atoms with E-state index < -0.39 is 5.97 Å². The first-order valence-electron chi connectivity index (χ1n) is 5.38. The smallest absolute Gasteiger partial charge is 0.329 e. The summed E-state index contributed by atoms with van der Waals surface area (Å²) in [5, 5.41) is 12.1. The van der Waals surface area contributed by atoms with Gasteiger partial charge in [0.1, 0.15) is 5.15 Å². The van der Waals surface area contributed by atoms with Crippen molar-refractivity contribution in [1.82, 2.24) is 29.8 Å². The third-order valence-corrected chi connectivity index (χ3v) is 2.88. The first kappa shape index (κ1) is 13.8. The summed E-state index contributed by atoms with van der Waals surface area (Å²) in [5.74, 6) is -0.0320. The molecule has 19 heavy (non-hydrogen) atoms. The van der Waals surface area contributed by atoms with Gasteiger partial charge in [-0.3, -0.25) is 0 Å². The van der Waals surface area contributed by atoms with Gasteiger partial charge in [-0.2, -0.15) is 4.80 Å². The van der Waals surface area contributed by atoms with Gasteiger partial charge in [0.25, 0.3) is 0 Å². The number of hydrogen-bond acceptors (Lipinski definition) is 6. The molecule has 0 spiro atoms. The second-order valence-electron chi connectivity index (χ2n) is 3.50. The molecule has 102 valence electrons. The molecule has 0 fully saturated rings. The van der Waals surface area contributed by atoms with Crippen LogP contribution in [0.15, 0.2) is 6.33 Å². The average molecular weight is 305 g/mol. The zero-order chi connectivity index (χ0) is 13.8. The molecule has 0 atom stereocenters. The van der Waals surface area contributed by atoms with Crippen molar-refractivity contribution in [2.24, 2.45) is 0 Å². The van der Waals surface area contributed by atoms with E-state index in [1.807, 2.05) is 0 Å². The first-order chi connectivity index (χ1) is 9.10. The molecule has 2 heterocycles. The number of imidazole rings is 1. The van der Waals surface area contributed by atoms with Gasteiger partial charge in [0.05, 0.1) is 19.5 Å². The van der Waals surface area contributed by atoms with E-state index in [2.05, 4.69) is 20.4 Å². The Hall–Kier alpha value is -1.67. The lowest BCUT2D eigenvalue weighted by atomic mass is 10.6. The van der Waals surface area contributed by atoms with Crippen molar-refractivity contribution >= 4 is 29.2 Å². The predicted octanol–water partition coefficient (Wildman–Crippen LogP) is 0.788. The van der Waals surface area contributed by atoms with Gasteiger partial charge in [-0.25, -0.2) is 9.78 Å². The minimum absolute atomic E-state index is 0.0841. The van der Waals surface area contributed by atoms with Gasteiger partial charge in [0, 0.05) is 0 Å². The second-order valence-corrected chi connectivity index (χ2v) is 4.21. The number of hydrogen-bond donors (Lipinski definition) is 0. The van der Waals surface area contributed by atoms with E-state index in [9.17, 15) is 4.79 Å². The number of aromatic nitrogens is 6. The van der Waals surface area contributed by atoms with Gasteiger partial charge < -0.3 is 9.30 Å². The Morgan fingerprint density at radius 3 is 2.89 bits per heavy atom. The van der Waals surface area contributed by atoms with Crippen LogP contribution in [-0.4, -0.2) is 42.3 Å². The van der Waals surface area contributed by atoms with Crippen molar-refractivity contribution in [3.8, 4) is 0 Å². The summed E-state index contributed by atoms with van der Waals surface area (Å²) in [5.41, 5.74) is 0. The highest BCUT2D eigenvalue weighted by molar-refractivity contribution is 6.40. The Bertz CT molecular complexity index is 581. The summed E-state index contributed by atoms with van der Waals surface area (Å²) in [6.07, 6.45) is 1.47. The van der Waals surface area contributed by atoms with Crippen LogP contribution in [0.4, 0.5) is 0 Å². The highest BCUT2D eigenvalue weighted by atomic mass is 35.5. The number of halogens is 2. The number of tetrazole rings is 1. The van der Waals surface area contributed by atoms with Crippen LogP contribution in [0.2, 0.25) is 10.3 Å². The topological polar surface area (TPSA) is 87.7 Å². The predicted molar refractivity (Wildman–Crippen MR) is 65.8 cm³/mol. The SMILES string of the molecule is CCOC(=O)Cn1nnc(Cn2cnc(Cl)c2Cl)n1. The summed E-state index contributed by atoms with van der Waals surface area (Å²) >= 11 is 11.6. The number of nitrogens with zero attached hydrogens (tertiary/aromatic N) is 6. The molecular weight excluding hydrogens is 295 g/mol. The van der Waals surface area contributed by atoms with E-state index >= 15 is 0 Å². The average Bonchev–Trinajstić information content (AvgIpc) is 2.92. The van der Waals surface area contributed by atoms with Crippen molar-refractivity contribution in [3.63, 3.8) is 0 Å². The molecule has 2 aromatic rings. The molecule has 0 aromatic carbocycles. The van der Waals surface area contributed by atoms with Crippen LogP contribution in [-0.2, 0) is 22.6 Å². The maximum absolute atomic E-state index is 11.2. The van der Waals surface area contributed by atoms with Crippen molar-refractivity contribution < 1.29 is 9.53 Å². The van der Waals surface area contributed by atoms with Gasteiger partial charge in [-0.1, -0.05) is 23.2 Å². The Labute approximate surface area is 118 Å². The van der Waals surface area contributed by atoms with Gasteiger partial charge in [-0.05, 0) is 12.1 Å². The summed E-state index contributed by atoms with van der Waals surface area (Å²) < 4.78 is 6.34. The number of ether oxygens (including phenoxy) is 1. The molecular formula is C9H10Cl2N6O2. The molecule has 0 aliphatic rings. The van der Waals surface area contributed by atoms with E-state index in [-0.39, 0.29) is 18.2 Å². The summed E-state index contributed by atoms with van der Waals surface area (Å²) in [6.45, 7) is 2.22. The van der Waals surface area contributed by atoms with Gasteiger partial charge in [0.2, 0.25) is 0 Å². The first-order valence-corrected chi connectivity index (χ1v) is 6.14. The molecule has 0 amide bonds. The molecule has 0 aliphatic heterocycles. The van der Waals surface area contributed by atoms with Crippen molar-refractivity contribution in [2.75, 3.05) is 6.61 Å². The highest BCUT2D eigenvalue weighted by Gasteiger charge is 2.11. The zero-order valence-corrected chi connectivity index (χ0v) is 11.5. The summed E-state index contributed by atoms with van der Waals surface area (Å²) in [4.78, 5) is 16.2. The maximum atomic E-state index is 11.2. The molecule has 0 N–H and O–H groups in total. The Balaban J connectivity index is 2.01. The van der Waals surface area contributed by atoms with E-state index in [4.69, 9.17) is 27.9 Å². The molecule has 10 heteroatoms. The number of esters is 1. The van der Waals surface area contributed by atoms with Crippen molar-refractivity contribution in [3.05, 3.63) is 22.5 Å². The van der Waals surface area contributed by atoms with E-state index in [1.54, 1.807) is 11.5 Å². The minimum atomic E-state index is -0.421. The molecule has 8 nitrogen and oxygen atoms in total. The molecule has 0 bridgehead atoms. The van der Waals surface area contributed by atoms with Crippen LogP contribution in [0.25, 0.3) is 0 Å². The van der Waals surface area contributed by atoms with Crippen LogP contribution in [0.5, 0.6) is 0 Å². The summed E-state index contributed by atoms with van der Waals surface area (Å²) in [6, 6.07) is 0. The minimum Gasteiger partial charge on any atom is -0.465 e. The molecule has 0 unspecified atom stereocenters. The van der Waals surface area contributed by atoms with Crippen LogP contribution in [0.1, 0.15) is 12.7 Å². The number of rotatable bonds is 5. The molecule has 0 radical (unpaired) electrons. The Morgan fingerprint density at radius 2 is 2.26 bits per heavy atom. The van der Waals surface area contributed by atoms with E-state index in [1.165, 1.54) is 6.33 Å². The van der Waals surface area contributed by atoms with Gasteiger partial charge in [0.15, 0.2) is 17.5 Å². The fraction of sp³-hybridized carbons (Fsp3) is 0.444. The maximum Gasteiger partial charge on any atom is 0.329 e. The Morgan fingerprint density at radius 1 is 1.47 bits per heavy atom. The standard InChI is InChI=1S/C9H10Cl2N6O2/c1-2-19-7(18)4-17-14-6(13-15-17)3-16-5-12-8(10)9(16)11/h5H,2-4H2,1H3. The number of carbonyl (C=O) groups excluding carboxylic acids is 1. The summed E-state index contributed by atoms with van der Waals surface area (Å²) in [7, 11) is 0. The van der Waals surface area contributed by atoms with Crippen molar-refractivity contribution in [1.29, 1.82) is 0 Å². The lowest BCUT2D eigenvalue weighted by molar-refractivity contribution is -0.144. The lowest BCUT2D eigenvalue weighted by Gasteiger charge is -1.99. The van der Waals surface area contributed by atoms with E-state index in [0.29, 0.717) is 17.6 Å². The number of carbonyl (C=O) groups is 1. The van der Waals surface area contributed by atoms with Crippen LogP contribution < -0.4 is 0 Å². The molecule has 2 aromatic heterocycles. The zero-order valence-electron chi connectivity index (χ0n) is 9.95. The Kier molecular flexibility index (Phi) is 4.33. The van der Waals surface area contributed by atoms with Crippen LogP contribution >= 0.6 is 23.2 Å². The second kappa shape index (κ2) is 5.98. The monoisotopic (exact) mass is 304 g/mol. The molecule has 0 saturated carbocycles. The lowest BCUT2D eigenvalue weighted by Crippen LogP contribution is -2.15. The fourth-order valence-corrected chi connectivity index (χ4v) is 1.64. The van der Waals surface area contributed by atoms with Crippen molar-refractivity contribution in [2.45, 2.75) is 20.0 Å². The molecule has 0 saturated heterocycles. The quantitative estimate of drug-likeness (QED) is 0.759. The van der Waals surface area contributed by atoms with Crippen LogP contribution in [0, 0.1) is 0 Å². The van der Waals surface area contributed by atoms with E-state index in [0.717, 1.165) is 4.80 Å². The molecule has 0 aliphatic carbocycles. The third kappa shape index (κ3) is 3.42. The fourth-order valence-electron chi connectivity index (χ4n) is 1.33.